The van der Waals surface area contributed by atoms with Gasteiger partial charge in [0.05, 0.1) is 23.4 Å². The van der Waals surface area contributed by atoms with Gasteiger partial charge in [0.15, 0.2) is 0 Å². The number of nitrogens with zero attached hydrogens (tertiary/aromatic N) is 6. The molecule has 0 spiro atoms. The minimum absolute atomic E-state index is 0.0593. The van der Waals surface area contributed by atoms with E-state index in [0.29, 0.717) is 21.4 Å². The maximum absolute atomic E-state index is 12.8. The molecule has 0 bridgehead atoms. The van der Waals surface area contributed by atoms with E-state index in [1.807, 2.05) is 38.1 Å². The van der Waals surface area contributed by atoms with Crippen LogP contribution in [0.2, 0.25) is 10.0 Å². The van der Waals surface area contributed by atoms with Gasteiger partial charge >= 0.3 is 5.69 Å². The number of hydrogen-bond donors (Lipinski definition) is 0. The van der Waals surface area contributed by atoms with E-state index in [0.717, 1.165) is 49.7 Å². The van der Waals surface area contributed by atoms with E-state index in [4.69, 9.17) is 37.4 Å². The summed E-state index contributed by atoms with van der Waals surface area (Å²) in [5.41, 5.74) is 3.46. The lowest BCUT2D eigenvalue weighted by atomic mass is 10.1. The second-order valence-electron chi connectivity index (χ2n) is 11.6. The Kier molecular flexibility index (Phi) is 10.0. The summed E-state index contributed by atoms with van der Waals surface area (Å²) in [5.74, 6) is -0.615. The first-order chi connectivity index (χ1) is 22.8. The Morgan fingerprint density at radius 2 is 1.64 bits per heavy atom. The smallest absolute Gasteiger partial charge is 0.350 e. The summed E-state index contributed by atoms with van der Waals surface area (Å²) in [6.45, 7) is 7.90. The van der Waals surface area contributed by atoms with Gasteiger partial charge in [-0.2, -0.15) is 10.1 Å². The number of hydrogen-bond acceptors (Lipinski definition) is 9. The largest absolute Gasteiger partial charge is 0.491 e. The van der Waals surface area contributed by atoms with Crippen molar-refractivity contribution in [1.29, 1.82) is 0 Å². The Morgan fingerprint density at radius 1 is 1.00 bits per heavy atom. The van der Waals surface area contributed by atoms with Crippen LogP contribution in [0.3, 0.4) is 0 Å². The molecule has 2 aliphatic rings. The van der Waals surface area contributed by atoms with Crippen molar-refractivity contribution in [2.45, 2.75) is 38.2 Å². The molecular weight excluding hydrogens is 643 g/mol. The highest BCUT2D eigenvalue weighted by atomic mass is 35.5. The molecule has 3 atom stereocenters. The minimum atomic E-state index is -1.32. The number of halogens is 2. The molecule has 0 amide bonds. The maximum atomic E-state index is 12.8. The Labute approximate surface area is 282 Å². The first-order valence-electron chi connectivity index (χ1n) is 15.6. The number of benzene rings is 3. The van der Waals surface area contributed by atoms with Gasteiger partial charge in [0.25, 0.3) is 0 Å². The third-order valence-electron chi connectivity index (χ3n) is 8.67. The normalized spacial score (nSPS) is 20.2. The van der Waals surface area contributed by atoms with Gasteiger partial charge in [-0.3, -0.25) is 0 Å². The average molecular weight is 680 g/mol. The van der Waals surface area contributed by atoms with Crippen molar-refractivity contribution in [3.8, 4) is 11.4 Å². The van der Waals surface area contributed by atoms with E-state index < -0.39 is 11.9 Å². The summed E-state index contributed by atoms with van der Waals surface area (Å²) in [7, 11) is 0. The van der Waals surface area contributed by atoms with Crippen LogP contribution in [0.4, 0.5) is 11.4 Å². The first kappa shape index (κ1) is 32.8. The zero-order valence-corrected chi connectivity index (χ0v) is 27.7. The molecule has 246 valence electrons. The Morgan fingerprint density at radius 3 is 2.26 bits per heavy atom. The highest BCUT2D eigenvalue weighted by molar-refractivity contribution is 6.35. The lowest BCUT2D eigenvalue weighted by Crippen LogP contribution is -2.46. The predicted molar refractivity (Wildman–Crippen MR) is 181 cm³/mol. The van der Waals surface area contributed by atoms with Crippen LogP contribution in [-0.2, 0) is 20.1 Å². The Hall–Kier alpha value is -4.12. The first-order valence-corrected chi connectivity index (χ1v) is 16.4. The van der Waals surface area contributed by atoms with Gasteiger partial charge in [-0.15, -0.1) is 0 Å². The molecule has 1 aromatic heterocycles. The molecule has 0 saturated carbocycles. The molecule has 3 heterocycles. The van der Waals surface area contributed by atoms with E-state index in [1.165, 1.54) is 4.68 Å². The van der Waals surface area contributed by atoms with Gasteiger partial charge in [0, 0.05) is 48.1 Å². The van der Waals surface area contributed by atoms with E-state index in [9.17, 15) is 9.59 Å². The summed E-state index contributed by atoms with van der Waals surface area (Å²) >= 11 is 12.5. The van der Waals surface area contributed by atoms with Gasteiger partial charge < -0.3 is 24.0 Å². The highest BCUT2D eigenvalue weighted by Gasteiger charge is 2.45. The second kappa shape index (κ2) is 14.3. The Balaban J connectivity index is 1.01. The van der Waals surface area contributed by atoms with Crippen LogP contribution in [0.1, 0.15) is 31.9 Å². The molecule has 2 fully saturated rings. The van der Waals surface area contributed by atoms with Gasteiger partial charge in [0.2, 0.25) is 11.9 Å². The number of rotatable bonds is 11. The minimum Gasteiger partial charge on any atom is -0.491 e. The summed E-state index contributed by atoms with van der Waals surface area (Å²) in [5, 5.41) is 5.12. The van der Waals surface area contributed by atoms with E-state index in [1.54, 1.807) is 35.2 Å². The molecular formula is C34H36Cl2N6O5. The van der Waals surface area contributed by atoms with Crippen LogP contribution in [0.5, 0.6) is 5.75 Å². The number of anilines is 2. The van der Waals surface area contributed by atoms with Crippen molar-refractivity contribution >= 4 is 40.7 Å². The molecule has 6 rings (SSSR count). The van der Waals surface area contributed by atoms with Crippen molar-refractivity contribution in [3.05, 3.63) is 99.2 Å². The van der Waals surface area contributed by atoms with Crippen molar-refractivity contribution in [2.24, 2.45) is 4.99 Å². The van der Waals surface area contributed by atoms with Crippen molar-refractivity contribution in [2.75, 3.05) is 55.7 Å². The zero-order chi connectivity index (χ0) is 33.0. The molecule has 47 heavy (non-hydrogen) atoms. The monoisotopic (exact) mass is 678 g/mol. The van der Waals surface area contributed by atoms with Crippen LogP contribution in [0.15, 0.2) is 82.8 Å². The molecule has 2 aliphatic heterocycles. The molecule has 3 aromatic carbocycles. The van der Waals surface area contributed by atoms with Gasteiger partial charge in [0.1, 0.15) is 31.3 Å². The van der Waals surface area contributed by atoms with Crippen LogP contribution in [0.25, 0.3) is 5.69 Å². The number of carbonyl (C=O) groups excluding carboxylic acids is 1. The summed E-state index contributed by atoms with van der Waals surface area (Å²) < 4.78 is 21.4. The van der Waals surface area contributed by atoms with Crippen LogP contribution in [-0.4, -0.2) is 72.5 Å². The maximum Gasteiger partial charge on any atom is 0.350 e. The van der Waals surface area contributed by atoms with Crippen molar-refractivity contribution in [3.63, 3.8) is 0 Å². The molecule has 0 N–H and O–H groups in total. The quantitative estimate of drug-likeness (QED) is 0.149. The number of aliphatic imine (C=N–C) groups is 1. The zero-order valence-electron chi connectivity index (χ0n) is 26.2. The average Bonchev–Trinajstić information content (AvgIpc) is 3.70. The third-order valence-corrected chi connectivity index (χ3v) is 9.21. The SMILES string of the molecule is CCC(C)n1ncn(-c2ccc(N3CCN(c4ccc(OC[C@@H]5CO[C@@](CN=C=O)(c6ccc(Cl)cc6Cl)O5)cc4)CC3)cc2)c1=O. The fourth-order valence-electron chi connectivity index (χ4n) is 5.85. The fraction of sp³-hybridized carbons (Fsp3) is 0.382. The number of aromatic nitrogens is 3. The van der Waals surface area contributed by atoms with Crippen molar-refractivity contribution < 1.29 is 19.0 Å². The second-order valence-corrected chi connectivity index (χ2v) is 12.5. The summed E-state index contributed by atoms with van der Waals surface area (Å²) in [4.78, 5) is 32.1. The highest BCUT2D eigenvalue weighted by Crippen LogP contribution is 2.39. The Bertz CT molecular complexity index is 1780. The fourth-order valence-corrected chi connectivity index (χ4v) is 6.40. The molecule has 0 radical (unpaired) electrons. The molecule has 11 nitrogen and oxygen atoms in total. The van der Waals surface area contributed by atoms with Crippen LogP contribution < -0.4 is 20.2 Å². The van der Waals surface area contributed by atoms with E-state index in [-0.39, 0.29) is 31.5 Å². The van der Waals surface area contributed by atoms with Gasteiger partial charge in [-0.25, -0.2) is 18.8 Å². The summed E-state index contributed by atoms with van der Waals surface area (Å²) in [6, 6.07) is 21.1. The third kappa shape index (κ3) is 7.10. The lowest BCUT2D eigenvalue weighted by molar-refractivity contribution is -0.170. The van der Waals surface area contributed by atoms with Gasteiger partial charge in [-0.05, 0) is 74.0 Å². The molecule has 13 heteroatoms. The molecule has 2 saturated heterocycles. The van der Waals surface area contributed by atoms with Crippen molar-refractivity contribution in [1.82, 2.24) is 14.3 Å². The number of isocyanates is 1. The molecule has 0 aliphatic carbocycles. The predicted octanol–water partition coefficient (Wildman–Crippen LogP) is 5.62. The van der Waals surface area contributed by atoms with Gasteiger partial charge in [-0.1, -0.05) is 36.2 Å². The molecule has 4 aromatic rings. The van der Waals surface area contributed by atoms with E-state index in [2.05, 4.69) is 44.2 Å². The summed E-state index contributed by atoms with van der Waals surface area (Å²) in [6.07, 6.45) is 3.57. The van der Waals surface area contributed by atoms with Crippen LogP contribution >= 0.6 is 23.2 Å². The lowest BCUT2D eigenvalue weighted by Gasteiger charge is -2.37. The van der Waals surface area contributed by atoms with E-state index >= 15 is 0 Å². The number of ether oxygens (including phenoxy) is 3. The molecule has 1 unspecified atom stereocenters. The topological polar surface area (TPSA) is 103 Å². The van der Waals surface area contributed by atoms with Crippen LogP contribution in [0, 0.1) is 0 Å². The standard InChI is InChI=1S/C34H36Cl2N6O5/c1-3-24(2)42-33(44)41(22-38-42)28-7-5-26(6-8-28)39-14-16-40(17-15-39)27-9-11-29(12-10-27)45-19-30-20-46-34(47-30,21-37-23-43)31-13-4-25(35)18-32(31)36/h4-13,18,22,24,30H,3,14-17,19-21H2,1-2H3/t24?,30-,34-/m1/s1. The number of piperazine rings is 1.